The minimum absolute atomic E-state index is 0. The zero-order valence-electron chi connectivity index (χ0n) is 6.55. The summed E-state index contributed by atoms with van der Waals surface area (Å²) in [5.41, 5.74) is 5.36. The maximum Gasteiger partial charge on any atom is 1.00 e. The molecule has 1 atom stereocenters. The molecule has 0 rings (SSSR count). The first-order chi connectivity index (χ1) is 3.66. The van der Waals surface area contributed by atoms with Gasteiger partial charge in [-0.2, -0.15) is 0 Å². The van der Waals surface area contributed by atoms with Gasteiger partial charge in [0.2, 0.25) is 0 Å². The van der Waals surface area contributed by atoms with E-state index < -0.39 is 0 Å². The second-order valence-corrected chi connectivity index (χ2v) is 2.56. The van der Waals surface area contributed by atoms with Gasteiger partial charge in [0.1, 0.15) is 0 Å². The molecule has 9 heavy (non-hydrogen) atoms. The van der Waals surface area contributed by atoms with Crippen LogP contribution in [0.3, 0.4) is 0 Å². The van der Waals surface area contributed by atoms with Gasteiger partial charge in [0.15, 0.2) is 0 Å². The van der Waals surface area contributed by atoms with E-state index >= 15 is 0 Å². The summed E-state index contributed by atoms with van der Waals surface area (Å²) in [6, 6.07) is -0.130. The minimum atomic E-state index is -0.141. The SMILES string of the molecule is CC(C)CC(N)C[O-].[K+]. The van der Waals surface area contributed by atoms with Crippen LogP contribution in [0.1, 0.15) is 20.3 Å². The van der Waals surface area contributed by atoms with Gasteiger partial charge in [-0.15, -0.1) is 6.61 Å². The summed E-state index contributed by atoms with van der Waals surface area (Å²) in [7, 11) is 0. The second-order valence-electron chi connectivity index (χ2n) is 2.56. The smallest absolute Gasteiger partial charge is 0.853 e. The van der Waals surface area contributed by atoms with Crippen molar-refractivity contribution in [2.45, 2.75) is 26.3 Å². The maximum absolute atomic E-state index is 10.0. The first-order valence-electron chi connectivity index (χ1n) is 3.00. The third kappa shape index (κ3) is 9.56. The molecule has 0 radical (unpaired) electrons. The van der Waals surface area contributed by atoms with Gasteiger partial charge in [-0.1, -0.05) is 13.8 Å². The zero-order valence-corrected chi connectivity index (χ0v) is 9.68. The molecule has 0 aliphatic rings. The topological polar surface area (TPSA) is 49.1 Å². The second kappa shape index (κ2) is 7.66. The summed E-state index contributed by atoms with van der Waals surface area (Å²) in [5.74, 6) is 0.555. The van der Waals surface area contributed by atoms with Gasteiger partial charge in [0, 0.05) is 0 Å². The first-order valence-corrected chi connectivity index (χ1v) is 3.00. The van der Waals surface area contributed by atoms with Crippen LogP contribution in [0.2, 0.25) is 0 Å². The normalized spacial score (nSPS) is 13.0. The summed E-state index contributed by atoms with van der Waals surface area (Å²) in [5, 5.41) is 10.0. The van der Waals surface area contributed by atoms with Crippen molar-refractivity contribution in [2.24, 2.45) is 11.7 Å². The fourth-order valence-electron chi connectivity index (χ4n) is 0.674. The number of rotatable bonds is 3. The van der Waals surface area contributed by atoms with Crippen LogP contribution < -0.4 is 62.2 Å². The molecule has 1 unspecified atom stereocenters. The Morgan fingerprint density at radius 3 is 2.00 bits per heavy atom. The summed E-state index contributed by atoms with van der Waals surface area (Å²) >= 11 is 0. The first kappa shape index (κ1) is 13.2. The molecule has 2 N–H and O–H groups in total. The monoisotopic (exact) mass is 155 g/mol. The molecule has 0 aliphatic heterocycles. The van der Waals surface area contributed by atoms with E-state index in [0.717, 1.165) is 6.42 Å². The molecule has 0 spiro atoms. The predicted molar refractivity (Wildman–Crippen MR) is 32.3 cm³/mol. The van der Waals surface area contributed by atoms with Gasteiger partial charge in [0.25, 0.3) is 0 Å². The summed E-state index contributed by atoms with van der Waals surface area (Å²) in [4.78, 5) is 0. The van der Waals surface area contributed by atoms with Crippen LogP contribution in [0.15, 0.2) is 0 Å². The minimum Gasteiger partial charge on any atom is -0.853 e. The molecular weight excluding hydrogens is 141 g/mol. The Bertz CT molecular complexity index is 59.0. The van der Waals surface area contributed by atoms with E-state index in [-0.39, 0.29) is 64.0 Å². The van der Waals surface area contributed by atoms with Gasteiger partial charge in [-0.25, -0.2) is 0 Å². The van der Waals surface area contributed by atoms with Gasteiger partial charge in [-0.3, -0.25) is 0 Å². The van der Waals surface area contributed by atoms with E-state index in [4.69, 9.17) is 5.73 Å². The molecule has 50 valence electrons. The molecule has 2 nitrogen and oxygen atoms in total. The van der Waals surface area contributed by atoms with E-state index in [2.05, 4.69) is 13.8 Å². The summed E-state index contributed by atoms with van der Waals surface area (Å²) in [6.07, 6.45) is 0.851. The van der Waals surface area contributed by atoms with E-state index in [1.165, 1.54) is 0 Å². The molecule has 0 fully saturated rings. The molecule has 3 heteroatoms. The maximum atomic E-state index is 10.0. The van der Waals surface area contributed by atoms with Crippen molar-refractivity contribution < 1.29 is 56.5 Å². The molecule has 0 aromatic carbocycles. The average molecular weight is 155 g/mol. The summed E-state index contributed by atoms with van der Waals surface area (Å²) < 4.78 is 0. The third-order valence-corrected chi connectivity index (χ3v) is 0.988. The number of hydrogen-bond donors (Lipinski definition) is 1. The standard InChI is InChI=1S/C6H14NO.K/c1-5(2)3-6(7)4-8;/h5-6H,3-4,7H2,1-2H3;/q-1;+1. The van der Waals surface area contributed by atoms with Crippen molar-refractivity contribution in [2.75, 3.05) is 6.61 Å². The molecule has 0 heterocycles. The van der Waals surface area contributed by atoms with Gasteiger partial charge in [0.05, 0.1) is 0 Å². The number of hydrogen-bond acceptors (Lipinski definition) is 2. The Morgan fingerprint density at radius 2 is 1.89 bits per heavy atom. The molecule has 0 saturated carbocycles. The molecule has 0 amide bonds. The Labute approximate surface area is 99.6 Å². The van der Waals surface area contributed by atoms with Crippen LogP contribution in [-0.4, -0.2) is 12.6 Å². The zero-order chi connectivity index (χ0) is 6.57. The number of nitrogens with two attached hydrogens (primary N) is 1. The Balaban J connectivity index is 0. The Kier molecular flexibility index (Phi) is 11.2. The molecule has 0 aromatic rings. The quantitative estimate of drug-likeness (QED) is 0.435. The van der Waals surface area contributed by atoms with E-state index in [9.17, 15) is 5.11 Å². The molecule has 0 bridgehead atoms. The molecule has 0 aliphatic carbocycles. The predicted octanol–water partition coefficient (Wildman–Crippen LogP) is -3.28. The van der Waals surface area contributed by atoms with Crippen molar-refractivity contribution in [3.63, 3.8) is 0 Å². The van der Waals surface area contributed by atoms with Crippen molar-refractivity contribution >= 4 is 0 Å². The van der Waals surface area contributed by atoms with Crippen LogP contribution >= 0.6 is 0 Å². The Hall–Kier alpha value is 1.56. The van der Waals surface area contributed by atoms with Crippen LogP contribution in [0.25, 0.3) is 0 Å². The Morgan fingerprint density at radius 1 is 1.44 bits per heavy atom. The van der Waals surface area contributed by atoms with Crippen LogP contribution in [0.5, 0.6) is 0 Å². The van der Waals surface area contributed by atoms with Gasteiger partial charge in [-0.05, 0) is 18.4 Å². The molecular formula is C6H14KNO. The van der Waals surface area contributed by atoms with Crippen LogP contribution in [0.4, 0.5) is 0 Å². The fraction of sp³-hybridized carbons (Fsp3) is 1.00. The van der Waals surface area contributed by atoms with Crippen molar-refractivity contribution in [3.05, 3.63) is 0 Å². The van der Waals surface area contributed by atoms with Crippen LogP contribution in [-0.2, 0) is 0 Å². The van der Waals surface area contributed by atoms with Crippen LogP contribution in [0, 0.1) is 5.92 Å². The van der Waals surface area contributed by atoms with Crippen molar-refractivity contribution in [3.8, 4) is 0 Å². The largest absolute Gasteiger partial charge is 1.00 e. The average Bonchev–Trinajstić information content (AvgIpc) is 1.65. The van der Waals surface area contributed by atoms with E-state index in [1.54, 1.807) is 0 Å². The van der Waals surface area contributed by atoms with Gasteiger partial charge < -0.3 is 10.8 Å². The molecule has 0 saturated heterocycles. The third-order valence-electron chi connectivity index (χ3n) is 0.988. The van der Waals surface area contributed by atoms with Crippen molar-refractivity contribution in [1.82, 2.24) is 0 Å². The fourth-order valence-corrected chi connectivity index (χ4v) is 0.674. The summed E-state index contributed by atoms with van der Waals surface area (Å²) in [6.45, 7) is 3.99. The van der Waals surface area contributed by atoms with Gasteiger partial charge >= 0.3 is 51.4 Å². The molecule has 0 aromatic heterocycles. The van der Waals surface area contributed by atoms with Crippen molar-refractivity contribution in [1.29, 1.82) is 0 Å². The van der Waals surface area contributed by atoms with E-state index in [0.29, 0.717) is 5.92 Å². The van der Waals surface area contributed by atoms with E-state index in [1.807, 2.05) is 0 Å².